The van der Waals surface area contributed by atoms with E-state index in [0.29, 0.717) is 18.9 Å². The Kier molecular flexibility index (Phi) is 4.84. The highest BCUT2D eigenvalue weighted by atomic mass is 16.7. The predicted molar refractivity (Wildman–Crippen MR) is 122 cm³/mol. The Morgan fingerprint density at radius 1 is 0.970 bits per heavy atom. The van der Waals surface area contributed by atoms with E-state index < -0.39 is 0 Å². The van der Waals surface area contributed by atoms with Crippen molar-refractivity contribution in [3.8, 4) is 34.1 Å². The average molecular weight is 439 g/mol. The van der Waals surface area contributed by atoms with Gasteiger partial charge in [-0.15, -0.1) is 0 Å². The molecule has 6 rings (SSSR count). The van der Waals surface area contributed by atoms with Crippen molar-refractivity contribution in [3.63, 3.8) is 0 Å². The second-order valence-corrected chi connectivity index (χ2v) is 8.12. The molecule has 33 heavy (non-hydrogen) atoms. The topological polar surface area (TPSA) is 93.2 Å². The van der Waals surface area contributed by atoms with Crippen molar-refractivity contribution < 1.29 is 9.47 Å². The molecule has 0 fully saturated rings. The van der Waals surface area contributed by atoms with Crippen LogP contribution in [0.4, 0.5) is 0 Å². The summed E-state index contributed by atoms with van der Waals surface area (Å²) in [5, 5.41) is 0. The van der Waals surface area contributed by atoms with Gasteiger partial charge >= 0.3 is 0 Å². The van der Waals surface area contributed by atoms with E-state index in [1.54, 1.807) is 12.4 Å². The zero-order valence-electron chi connectivity index (χ0n) is 17.8. The number of hydrogen-bond acceptors (Lipinski definition) is 7. The van der Waals surface area contributed by atoms with Gasteiger partial charge < -0.3 is 14.5 Å². The van der Waals surface area contributed by atoms with Gasteiger partial charge in [0.05, 0.1) is 22.6 Å². The Morgan fingerprint density at radius 3 is 2.76 bits per heavy atom. The van der Waals surface area contributed by atoms with E-state index in [1.807, 2.05) is 48.5 Å². The standard InChI is InChI=1S/C25H21N5O3/c31-25-19-14-30(11-8-21(19)28-24(29-25)16-6-9-26-10-7-16)13-18-2-1-3-20(27-18)17-4-5-22-23(12-17)33-15-32-22/h1-7,9-10,12H,8,11,13-15H2,(H,28,29,31). The second kappa shape index (κ2) is 8.14. The van der Waals surface area contributed by atoms with Crippen LogP contribution in [0.25, 0.3) is 22.6 Å². The normalized spacial score (nSPS) is 14.8. The van der Waals surface area contributed by atoms with Crippen molar-refractivity contribution in [2.24, 2.45) is 0 Å². The van der Waals surface area contributed by atoms with Crippen LogP contribution in [-0.2, 0) is 19.5 Å². The van der Waals surface area contributed by atoms with Gasteiger partial charge in [0.2, 0.25) is 6.79 Å². The summed E-state index contributed by atoms with van der Waals surface area (Å²) in [5.41, 5.74) is 5.18. The molecule has 1 N–H and O–H groups in total. The molecule has 0 saturated heterocycles. The first-order valence-corrected chi connectivity index (χ1v) is 10.8. The Labute approximate surface area is 189 Å². The van der Waals surface area contributed by atoms with Crippen LogP contribution in [0.1, 0.15) is 17.0 Å². The molecule has 164 valence electrons. The minimum absolute atomic E-state index is 0.0846. The number of aromatic amines is 1. The number of rotatable bonds is 4. The van der Waals surface area contributed by atoms with Crippen molar-refractivity contribution in [2.45, 2.75) is 19.5 Å². The highest BCUT2D eigenvalue weighted by Gasteiger charge is 2.22. The van der Waals surface area contributed by atoms with Crippen LogP contribution in [0.3, 0.4) is 0 Å². The van der Waals surface area contributed by atoms with E-state index in [-0.39, 0.29) is 12.4 Å². The molecule has 2 aliphatic heterocycles. The molecule has 0 aliphatic carbocycles. The summed E-state index contributed by atoms with van der Waals surface area (Å²) in [7, 11) is 0. The Balaban J connectivity index is 1.21. The SMILES string of the molecule is O=c1[nH]c(-c2ccncc2)nc2c1CN(Cc1cccc(-c3ccc4c(c3)OCO4)n1)CC2. The number of aromatic nitrogens is 4. The van der Waals surface area contributed by atoms with Crippen LogP contribution in [-0.4, -0.2) is 38.2 Å². The van der Waals surface area contributed by atoms with Gasteiger partial charge in [0.1, 0.15) is 5.82 Å². The zero-order valence-corrected chi connectivity index (χ0v) is 17.8. The van der Waals surface area contributed by atoms with Crippen LogP contribution < -0.4 is 15.0 Å². The fraction of sp³-hybridized carbons (Fsp3) is 0.200. The van der Waals surface area contributed by atoms with E-state index in [0.717, 1.165) is 58.2 Å². The first kappa shape index (κ1) is 19.6. The molecule has 0 atom stereocenters. The number of hydrogen-bond donors (Lipinski definition) is 1. The lowest BCUT2D eigenvalue weighted by molar-refractivity contribution is 0.174. The maximum absolute atomic E-state index is 12.8. The summed E-state index contributed by atoms with van der Waals surface area (Å²) < 4.78 is 10.9. The van der Waals surface area contributed by atoms with Crippen LogP contribution in [0.5, 0.6) is 11.5 Å². The zero-order chi connectivity index (χ0) is 22.2. The third-order valence-corrected chi connectivity index (χ3v) is 5.96. The number of fused-ring (bicyclic) bond motifs is 2. The molecule has 0 unspecified atom stereocenters. The molecule has 3 aromatic heterocycles. The third kappa shape index (κ3) is 3.85. The molecule has 2 aliphatic rings. The lowest BCUT2D eigenvalue weighted by Gasteiger charge is -2.27. The van der Waals surface area contributed by atoms with Gasteiger partial charge in [0.15, 0.2) is 11.5 Å². The number of ether oxygens (including phenoxy) is 2. The van der Waals surface area contributed by atoms with E-state index in [4.69, 9.17) is 19.4 Å². The Bertz CT molecular complexity index is 1390. The smallest absolute Gasteiger partial charge is 0.255 e. The molecular formula is C25H21N5O3. The van der Waals surface area contributed by atoms with E-state index in [1.165, 1.54) is 0 Å². The van der Waals surface area contributed by atoms with Crippen molar-refractivity contribution >= 4 is 0 Å². The Morgan fingerprint density at radius 2 is 1.85 bits per heavy atom. The largest absolute Gasteiger partial charge is 0.454 e. The summed E-state index contributed by atoms with van der Waals surface area (Å²) in [6.45, 7) is 2.27. The summed E-state index contributed by atoms with van der Waals surface area (Å²) in [5.74, 6) is 2.09. The van der Waals surface area contributed by atoms with Crippen LogP contribution in [0.15, 0.2) is 65.7 Å². The van der Waals surface area contributed by atoms with Crippen LogP contribution >= 0.6 is 0 Å². The fourth-order valence-electron chi connectivity index (χ4n) is 4.28. The maximum atomic E-state index is 12.8. The van der Waals surface area contributed by atoms with Crippen molar-refractivity contribution in [2.75, 3.05) is 13.3 Å². The van der Waals surface area contributed by atoms with Gasteiger partial charge in [-0.2, -0.15) is 0 Å². The summed E-state index contributed by atoms with van der Waals surface area (Å²) in [6.07, 6.45) is 4.11. The molecule has 4 aromatic rings. The Hall–Kier alpha value is -4.04. The molecule has 0 saturated carbocycles. The third-order valence-electron chi connectivity index (χ3n) is 5.96. The summed E-state index contributed by atoms with van der Waals surface area (Å²) in [4.78, 5) is 31.6. The van der Waals surface area contributed by atoms with E-state index in [2.05, 4.69) is 14.9 Å². The molecule has 0 bridgehead atoms. The minimum atomic E-state index is -0.0846. The van der Waals surface area contributed by atoms with Gasteiger partial charge in [-0.25, -0.2) is 4.98 Å². The second-order valence-electron chi connectivity index (χ2n) is 8.12. The molecule has 8 heteroatoms. The minimum Gasteiger partial charge on any atom is -0.454 e. The number of nitrogens with zero attached hydrogens (tertiary/aromatic N) is 4. The molecule has 0 radical (unpaired) electrons. The number of nitrogens with one attached hydrogen (secondary N) is 1. The monoisotopic (exact) mass is 439 g/mol. The van der Waals surface area contributed by atoms with Crippen LogP contribution in [0.2, 0.25) is 0 Å². The van der Waals surface area contributed by atoms with Gasteiger partial charge in [0, 0.05) is 49.6 Å². The number of pyridine rings is 2. The molecule has 1 aromatic carbocycles. The average Bonchev–Trinajstić information content (AvgIpc) is 3.33. The maximum Gasteiger partial charge on any atom is 0.255 e. The molecular weight excluding hydrogens is 418 g/mol. The summed E-state index contributed by atoms with van der Waals surface area (Å²) in [6, 6.07) is 15.6. The molecule has 5 heterocycles. The van der Waals surface area contributed by atoms with Gasteiger partial charge in [0.25, 0.3) is 5.56 Å². The fourth-order valence-corrected chi connectivity index (χ4v) is 4.28. The number of benzene rings is 1. The quantitative estimate of drug-likeness (QED) is 0.522. The lowest BCUT2D eigenvalue weighted by atomic mass is 10.1. The summed E-state index contributed by atoms with van der Waals surface area (Å²) >= 11 is 0. The molecule has 0 amide bonds. The van der Waals surface area contributed by atoms with Gasteiger partial charge in [-0.3, -0.25) is 19.7 Å². The lowest BCUT2D eigenvalue weighted by Crippen LogP contribution is -2.35. The predicted octanol–water partition coefficient (Wildman–Crippen LogP) is 3.18. The van der Waals surface area contributed by atoms with Crippen LogP contribution in [0, 0.1) is 0 Å². The van der Waals surface area contributed by atoms with Crippen molar-refractivity contribution in [1.29, 1.82) is 0 Å². The van der Waals surface area contributed by atoms with Gasteiger partial charge in [-0.05, 0) is 42.5 Å². The van der Waals surface area contributed by atoms with Crippen molar-refractivity contribution in [1.82, 2.24) is 24.8 Å². The molecule has 0 spiro atoms. The highest BCUT2D eigenvalue weighted by molar-refractivity contribution is 5.64. The first-order chi connectivity index (χ1) is 16.2. The molecule has 8 nitrogen and oxygen atoms in total. The van der Waals surface area contributed by atoms with E-state index in [9.17, 15) is 4.79 Å². The van der Waals surface area contributed by atoms with Crippen molar-refractivity contribution in [3.05, 3.63) is 88.2 Å². The first-order valence-electron chi connectivity index (χ1n) is 10.8. The van der Waals surface area contributed by atoms with E-state index >= 15 is 0 Å². The number of H-pyrrole nitrogens is 1. The highest BCUT2D eigenvalue weighted by Crippen LogP contribution is 2.35. The van der Waals surface area contributed by atoms with Gasteiger partial charge in [-0.1, -0.05) is 6.07 Å².